The van der Waals surface area contributed by atoms with E-state index < -0.39 is 0 Å². The summed E-state index contributed by atoms with van der Waals surface area (Å²) in [6, 6.07) is 17.7. The van der Waals surface area contributed by atoms with Gasteiger partial charge in [-0.15, -0.1) is 0 Å². The van der Waals surface area contributed by atoms with Gasteiger partial charge in [0, 0.05) is 17.7 Å². The van der Waals surface area contributed by atoms with Crippen LogP contribution in [0.25, 0.3) is 0 Å². The number of hydrogen-bond donors (Lipinski definition) is 1. The summed E-state index contributed by atoms with van der Waals surface area (Å²) < 4.78 is 7.18. The molecule has 0 fully saturated rings. The monoisotopic (exact) mass is 372 g/mol. The van der Waals surface area contributed by atoms with Gasteiger partial charge in [0.25, 0.3) is 0 Å². The molecule has 0 saturated carbocycles. The van der Waals surface area contributed by atoms with Gasteiger partial charge in [-0.3, -0.25) is 4.79 Å². The van der Waals surface area contributed by atoms with Crippen LogP contribution in [-0.2, 0) is 4.79 Å². The zero-order valence-corrected chi connectivity index (χ0v) is 15.5. The van der Waals surface area contributed by atoms with Crippen molar-refractivity contribution in [2.75, 3.05) is 12.4 Å². The maximum absolute atomic E-state index is 13.3. The van der Waals surface area contributed by atoms with Crippen molar-refractivity contribution in [1.29, 1.82) is 0 Å². The van der Waals surface area contributed by atoms with Gasteiger partial charge in [0.2, 0.25) is 5.95 Å². The number of benzene rings is 2. The van der Waals surface area contributed by atoms with Crippen molar-refractivity contribution >= 4 is 11.7 Å². The minimum Gasteiger partial charge on any atom is -0.497 e. The van der Waals surface area contributed by atoms with Crippen LogP contribution in [0, 0.1) is 0 Å². The van der Waals surface area contributed by atoms with Crippen LogP contribution in [0.3, 0.4) is 0 Å². The largest absolute Gasteiger partial charge is 0.497 e. The first-order chi connectivity index (χ1) is 13.7. The standard InChI is InChI=1S/C22H20N4O2/c1-28-17-9-5-8-15(10-17)21-20-18(25-22-23-13-24-26(21)22)11-16(12-19(20)27)14-6-3-2-4-7-14/h2-10,13,16,21H,11-12H2,1H3,(H,23,24,25)/t16-,21-/m0/s1. The molecule has 1 aliphatic heterocycles. The highest BCUT2D eigenvalue weighted by Crippen LogP contribution is 2.44. The molecule has 140 valence electrons. The molecule has 2 atom stereocenters. The number of carbonyl (C=O) groups is 1. The summed E-state index contributed by atoms with van der Waals surface area (Å²) in [5.41, 5.74) is 3.87. The van der Waals surface area contributed by atoms with Gasteiger partial charge in [0.1, 0.15) is 18.1 Å². The summed E-state index contributed by atoms with van der Waals surface area (Å²) in [5, 5.41) is 7.74. The lowest BCUT2D eigenvalue weighted by molar-refractivity contribution is -0.116. The maximum atomic E-state index is 13.3. The fourth-order valence-electron chi connectivity index (χ4n) is 4.23. The quantitative estimate of drug-likeness (QED) is 0.759. The van der Waals surface area contributed by atoms with E-state index in [1.165, 1.54) is 11.9 Å². The first-order valence-corrected chi connectivity index (χ1v) is 9.36. The molecule has 28 heavy (non-hydrogen) atoms. The number of Topliss-reactive ketones (excluding diaryl/α,β-unsaturated/α-hetero) is 1. The van der Waals surface area contributed by atoms with Crippen LogP contribution in [0.2, 0.25) is 0 Å². The van der Waals surface area contributed by atoms with E-state index in [-0.39, 0.29) is 17.7 Å². The van der Waals surface area contributed by atoms with E-state index in [1.807, 2.05) is 42.5 Å². The van der Waals surface area contributed by atoms with Crippen molar-refractivity contribution in [3.63, 3.8) is 0 Å². The third kappa shape index (κ3) is 2.69. The molecule has 0 saturated heterocycles. The Morgan fingerprint density at radius 2 is 1.89 bits per heavy atom. The van der Waals surface area contributed by atoms with E-state index in [1.54, 1.807) is 11.8 Å². The van der Waals surface area contributed by atoms with Crippen LogP contribution < -0.4 is 10.1 Å². The van der Waals surface area contributed by atoms with E-state index >= 15 is 0 Å². The number of methoxy groups -OCH3 is 1. The van der Waals surface area contributed by atoms with Crippen molar-refractivity contribution in [3.8, 4) is 5.75 Å². The fourth-order valence-corrected chi connectivity index (χ4v) is 4.23. The number of hydrogen-bond acceptors (Lipinski definition) is 5. The highest BCUT2D eigenvalue weighted by atomic mass is 16.5. The average molecular weight is 372 g/mol. The molecule has 0 bridgehead atoms. The SMILES string of the molecule is COc1cccc([C@H]2C3=C(C[C@H](c4ccccc4)CC3=O)Nc3ncnn32)c1. The molecule has 0 spiro atoms. The number of anilines is 1. The van der Waals surface area contributed by atoms with Crippen LogP contribution in [0.1, 0.15) is 35.9 Å². The molecule has 1 aliphatic carbocycles. The van der Waals surface area contributed by atoms with Gasteiger partial charge in [0.05, 0.1) is 7.11 Å². The molecule has 2 aromatic carbocycles. The lowest BCUT2D eigenvalue weighted by Gasteiger charge is -2.35. The van der Waals surface area contributed by atoms with Gasteiger partial charge in [-0.25, -0.2) is 4.68 Å². The predicted molar refractivity (Wildman–Crippen MR) is 105 cm³/mol. The molecule has 1 aromatic heterocycles. The average Bonchev–Trinajstić information content (AvgIpc) is 3.21. The van der Waals surface area contributed by atoms with Gasteiger partial charge in [-0.1, -0.05) is 42.5 Å². The summed E-state index contributed by atoms with van der Waals surface area (Å²) in [6.45, 7) is 0. The Labute approximate surface area is 162 Å². The Morgan fingerprint density at radius 1 is 1.07 bits per heavy atom. The lowest BCUT2D eigenvalue weighted by Crippen LogP contribution is -2.33. The number of ether oxygens (including phenoxy) is 1. The van der Waals surface area contributed by atoms with Crippen molar-refractivity contribution in [2.24, 2.45) is 0 Å². The third-order valence-corrected chi connectivity index (χ3v) is 5.54. The van der Waals surface area contributed by atoms with Crippen molar-refractivity contribution in [2.45, 2.75) is 24.8 Å². The van der Waals surface area contributed by atoms with Gasteiger partial charge in [-0.05, 0) is 35.6 Å². The fraction of sp³-hybridized carbons (Fsp3) is 0.227. The Kier molecular flexibility index (Phi) is 3.97. The summed E-state index contributed by atoms with van der Waals surface area (Å²) >= 11 is 0. The van der Waals surface area contributed by atoms with Crippen LogP contribution >= 0.6 is 0 Å². The van der Waals surface area contributed by atoms with Crippen LogP contribution in [0.15, 0.2) is 72.2 Å². The molecule has 6 heteroatoms. The molecule has 0 unspecified atom stereocenters. The molecular formula is C22H20N4O2. The Bertz CT molecular complexity index is 1070. The maximum Gasteiger partial charge on any atom is 0.226 e. The number of rotatable bonds is 3. The van der Waals surface area contributed by atoms with E-state index in [0.29, 0.717) is 12.4 Å². The summed E-state index contributed by atoms with van der Waals surface area (Å²) in [4.78, 5) is 17.6. The third-order valence-electron chi connectivity index (χ3n) is 5.54. The lowest BCUT2D eigenvalue weighted by atomic mass is 9.78. The van der Waals surface area contributed by atoms with Crippen LogP contribution in [0.5, 0.6) is 5.75 Å². The van der Waals surface area contributed by atoms with E-state index in [0.717, 1.165) is 29.0 Å². The number of nitrogens with one attached hydrogen (secondary N) is 1. The Morgan fingerprint density at radius 3 is 2.71 bits per heavy atom. The van der Waals surface area contributed by atoms with Gasteiger partial charge < -0.3 is 10.1 Å². The minimum absolute atomic E-state index is 0.150. The second kappa shape index (κ2) is 6.64. The van der Waals surface area contributed by atoms with Gasteiger partial charge in [0.15, 0.2) is 5.78 Å². The van der Waals surface area contributed by atoms with Crippen molar-refractivity contribution < 1.29 is 9.53 Å². The number of allylic oxidation sites excluding steroid dienone is 2. The van der Waals surface area contributed by atoms with E-state index in [4.69, 9.17) is 4.74 Å². The number of aromatic nitrogens is 3. The molecule has 2 aliphatic rings. The zero-order chi connectivity index (χ0) is 19.1. The highest BCUT2D eigenvalue weighted by molar-refractivity contribution is 6.00. The van der Waals surface area contributed by atoms with Crippen molar-refractivity contribution in [3.05, 3.63) is 83.3 Å². The van der Waals surface area contributed by atoms with E-state index in [9.17, 15) is 4.79 Å². The van der Waals surface area contributed by atoms with E-state index in [2.05, 4.69) is 27.5 Å². The molecule has 0 amide bonds. The molecule has 0 radical (unpaired) electrons. The van der Waals surface area contributed by atoms with Crippen molar-refractivity contribution in [1.82, 2.24) is 14.8 Å². The van der Waals surface area contributed by atoms with Crippen LogP contribution in [-0.4, -0.2) is 27.7 Å². The molecule has 5 rings (SSSR count). The topological polar surface area (TPSA) is 69.0 Å². The highest BCUT2D eigenvalue weighted by Gasteiger charge is 2.39. The Balaban J connectivity index is 1.61. The second-order valence-corrected chi connectivity index (χ2v) is 7.16. The first kappa shape index (κ1) is 16.7. The van der Waals surface area contributed by atoms with Gasteiger partial charge in [-0.2, -0.15) is 10.1 Å². The normalized spacial score (nSPS) is 21.0. The molecule has 3 aromatic rings. The smallest absolute Gasteiger partial charge is 0.226 e. The number of nitrogens with zero attached hydrogens (tertiary/aromatic N) is 3. The Hall–Kier alpha value is -3.41. The zero-order valence-electron chi connectivity index (χ0n) is 15.5. The molecular weight excluding hydrogens is 352 g/mol. The second-order valence-electron chi connectivity index (χ2n) is 7.16. The summed E-state index contributed by atoms with van der Waals surface area (Å²) in [6.07, 6.45) is 2.79. The number of ketones is 1. The van der Waals surface area contributed by atoms with Gasteiger partial charge >= 0.3 is 0 Å². The summed E-state index contributed by atoms with van der Waals surface area (Å²) in [5.74, 6) is 1.73. The number of carbonyl (C=O) groups excluding carboxylic acids is 1. The molecule has 2 heterocycles. The van der Waals surface area contributed by atoms with Crippen LogP contribution in [0.4, 0.5) is 5.95 Å². The molecule has 1 N–H and O–H groups in total. The summed E-state index contributed by atoms with van der Waals surface area (Å²) in [7, 11) is 1.64. The minimum atomic E-state index is -0.298. The molecule has 6 nitrogen and oxygen atoms in total. The number of fused-ring (bicyclic) bond motifs is 1. The predicted octanol–water partition coefficient (Wildman–Crippen LogP) is 3.70. The first-order valence-electron chi connectivity index (χ1n) is 9.36.